The summed E-state index contributed by atoms with van der Waals surface area (Å²) in [5.41, 5.74) is 3.47. The lowest BCUT2D eigenvalue weighted by Crippen LogP contribution is -2.44. The molecule has 0 aliphatic carbocycles. The van der Waals surface area contributed by atoms with Crippen LogP contribution in [-0.4, -0.2) is 37.5 Å². The van der Waals surface area contributed by atoms with Crippen molar-refractivity contribution < 1.29 is 18.0 Å². The van der Waals surface area contributed by atoms with Crippen LogP contribution >= 0.6 is 0 Å². The number of anilines is 1. The summed E-state index contributed by atoms with van der Waals surface area (Å²) < 4.78 is 27.7. The van der Waals surface area contributed by atoms with E-state index >= 15 is 0 Å². The second-order valence-electron chi connectivity index (χ2n) is 9.00. The van der Waals surface area contributed by atoms with Crippen LogP contribution in [-0.2, 0) is 21.4 Å². The number of aryl methyl sites for hydroxylation is 1. The molecule has 4 rings (SSSR count). The smallest absolute Gasteiger partial charge is 0.243 e. The molecule has 1 heterocycles. The molecule has 0 saturated carbocycles. The van der Waals surface area contributed by atoms with Gasteiger partial charge in [-0.1, -0.05) is 60.2 Å². The van der Waals surface area contributed by atoms with E-state index in [9.17, 15) is 18.0 Å². The Morgan fingerprint density at radius 3 is 2.06 bits per heavy atom. The second kappa shape index (κ2) is 10.5. The Kier molecular flexibility index (Phi) is 7.48. The van der Waals surface area contributed by atoms with Crippen molar-refractivity contribution in [3.05, 3.63) is 95.6 Å². The van der Waals surface area contributed by atoms with Crippen molar-refractivity contribution in [2.45, 2.75) is 38.1 Å². The van der Waals surface area contributed by atoms with E-state index in [0.29, 0.717) is 24.9 Å². The van der Waals surface area contributed by atoms with Gasteiger partial charge in [-0.05, 0) is 56.5 Å². The monoisotopic (exact) mass is 490 g/mol. The summed E-state index contributed by atoms with van der Waals surface area (Å²) in [5, 5.41) is 0. The van der Waals surface area contributed by atoms with Crippen LogP contribution in [0.2, 0.25) is 0 Å². The van der Waals surface area contributed by atoms with Crippen LogP contribution in [0.1, 0.15) is 41.3 Å². The number of hydrogen-bond acceptors (Lipinski definition) is 4. The molecule has 0 atom stereocenters. The van der Waals surface area contributed by atoms with Crippen molar-refractivity contribution in [3.63, 3.8) is 0 Å². The number of ketones is 1. The second-order valence-corrected chi connectivity index (χ2v) is 10.9. The molecule has 1 aliphatic rings. The van der Waals surface area contributed by atoms with Crippen molar-refractivity contribution in [1.29, 1.82) is 0 Å². The Labute approximate surface area is 207 Å². The highest BCUT2D eigenvalue weighted by Crippen LogP contribution is 2.28. The number of hydrogen-bond donors (Lipinski definition) is 0. The average Bonchev–Trinajstić information content (AvgIpc) is 2.88. The number of benzene rings is 3. The van der Waals surface area contributed by atoms with Gasteiger partial charge in [0.25, 0.3) is 0 Å². The Balaban J connectivity index is 1.48. The SMILES string of the molecule is CC(=O)c1ccc(S(=O)(=O)N2CCC(C(=O)N(Cc3ccccc3)c3ccc(C)cc3)CC2)cc1. The van der Waals surface area contributed by atoms with Gasteiger partial charge in [-0.2, -0.15) is 4.31 Å². The van der Waals surface area contributed by atoms with Crippen LogP contribution in [0, 0.1) is 12.8 Å². The highest BCUT2D eigenvalue weighted by Gasteiger charge is 2.34. The number of amides is 1. The van der Waals surface area contributed by atoms with Crippen LogP contribution in [0.25, 0.3) is 0 Å². The van der Waals surface area contributed by atoms with Crippen LogP contribution in [0.15, 0.2) is 83.8 Å². The predicted octanol–water partition coefficient (Wildman–Crippen LogP) is 4.83. The van der Waals surface area contributed by atoms with Crippen LogP contribution in [0.3, 0.4) is 0 Å². The zero-order valence-corrected chi connectivity index (χ0v) is 20.9. The minimum atomic E-state index is -3.68. The average molecular weight is 491 g/mol. The van der Waals surface area contributed by atoms with Gasteiger partial charge in [0.1, 0.15) is 0 Å². The zero-order chi connectivity index (χ0) is 25.0. The normalized spacial score (nSPS) is 15.0. The molecule has 0 radical (unpaired) electrons. The van der Waals surface area contributed by atoms with Crippen molar-refractivity contribution in [2.75, 3.05) is 18.0 Å². The fourth-order valence-corrected chi connectivity index (χ4v) is 5.83. The van der Waals surface area contributed by atoms with Crippen LogP contribution in [0.4, 0.5) is 5.69 Å². The van der Waals surface area contributed by atoms with Crippen molar-refractivity contribution >= 4 is 27.4 Å². The van der Waals surface area contributed by atoms with Gasteiger partial charge in [0, 0.05) is 30.3 Å². The van der Waals surface area contributed by atoms with Crippen molar-refractivity contribution in [1.82, 2.24) is 4.31 Å². The molecule has 1 fully saturated rings. The molecule has 1 aliphatic heterocycles. The van der Waals surface area contributed by atoms with E-state index in [2.05, 4.69) is 0 Å². The summed E-state index contributed by atoms with van der Waals surface area (Å²) in [5.74, 6) is -0.353. The Morgan fingerprint density at radius 1 is 0.886 bits per heavy atom. The lowest BCUT2D eigenvalue weighted by atomic mass is 9.96. The lowest BCUT2D eigenvalue weighted by Gasteiger charge is -2.34. The molecule has 3 aromatic rings. The number of nitrogens with zero attached hydrogens (tertiary/aromatic N) is 2. The molecule has 0 N–H and O–H groups in total. The summed E-state index contributed by atoms with van der Waals surface area (Å²) in [4.78, 5) is 27.1. The first kappa shape index (κ1) is 24.8. The molecule has 35 heavy (non-hydrogen) atoms. The van der Waals surface area contributed by atoms with Gasteiger partial charge in [-0.25, -0.2) is 8.42 Å². The van der Waals surface area contributed by atoms with E-state index in [4.69, 9.17) is 0 Å². The molecular formula is C28H30N2O4S. The minimum Gasteiger partial charge on any atom is -0.308 e. The fourth-order valence-electron chi connectivity index (χ4n) is 4.36. The standard InChI is InChI=1S/C28H30N2O4S/c1-21-8-12-26(13-9-21)30(20-23-6-4-3-5-7-23)28(32)25-16-18-29(19-17-25)35(33,34)27-14-10-24(11-15-27)22(2)31/h3-15,25H,16-20H2,1-2H3. The third kappa shape index (κ3) is 5.69. The summed E-state index contributed by atoms with van der Waals surface area (Å²) >= 11 is 0. The van der Waals surface area contributed by atoms with Gasteiger partial charge in [0.05, 0.1) is 11.4 Å². The first-order valence-electron chi connectivity index (χ1n) is 11.8. The molecule has 6 nitrogen and oxygen atoms in total. The summed E-state index contributed by atoms with van der Waals surface area (Å²) in [7, 11) is -3.68. The Hall–Kier alpha value is -3.29. The van der Waals surface area contributed by atoms with E-state index in [1.54, 1.807) is 0 Å². The molecule has 182 valence electrons. The molecule has 7 heteroatoms. The number of sulfonamides is 1. The fraction of sp³-hybridized carbons (Fsp3) is 0.286. The van der Waals surface area contributed by atoms with Gasteiger partial charge in [0.2, 0.25) is 15.9 Å². The molecule has 3 aromatic carbocycles. The van der Waals surface area contributed by atoms with Gasteiger partial charge >= 0.3 is 0 Å². The molecule has 1 amide bonds. The van der Waals surface area contributed by atoms with E-state index in [1.165, 1.54) is 35.5 Å². The van der Waals surface area contributed by atoms with Crippen LogP contribution in [0.5, 0.6) is 0 Å². The molecule has 0 bridgehead atoms. The van der Waals surface area contributed by atoms with Gasteiger partial charge < -0.3 is 4.90 Å². The molecule has 0 aromatic heterocycles. The maximum atomic E-state index is 13.6. The van der Waals surface area contributed by atoms with Crippen molar-refractivity contribution in [3.8, 4) is 0 Å². The topological polar surface area (TPSA) is 74.8 Å². The highest BCUT2D eigenvalue weighted by atomic mass is 32.2. The third-order valence-corrected chi connectivity index (χ3v) is 8.41. The van der Waals surface area contributed by atoms with E-state index in [1.807, 2.05) is 66.4 Å². The summed E-state index contributed by atoms with van der Waals surface area (Å²) in [6.45, 7) is 4.48. The molecular weight excluding hydrogens is 460 g/mol. The van der Waals surface area contributed by atoms with Crippen molar-refractivity contribution in [2.24, 2.45) is 5.92 Å². The molecule has 0 unspecified atom stereocenters. The van der Waals surface area contributed by atoms with Gasteiger partial charge in [0.15, 0.2) is 5.78 Å². The van der Waals surface area contributed by atoms with Crippen LogP contribution < -0.4 is 4.90 Å². The maximum Gasteiger partial charge on any atom is 0.243 e. The summed E-state index contributed by atoms with van der Waals surface area (Å²) in [6.07, 6.45) is 0.918. The Bertz CT molecular complexity index is 1280. The highest BCUT2D eigenvalue weighted by molar-refractivity contribution is 7.89. The van der Waals surface area contributed by atoms with E-state index < -0.39 is 10.0 Å². The van der Waals surface area contributed by atoms with Gasteiger partial charge in [-0.15, -0.1) is 0 Å². The number of piperidine rings is 1. The van der Waals surface area contributed by atoms with Gasteiger partial charge in [-0.3, -0.25) is 9.59 Å². The van der Waals surface area contributed by atoms with E-state index in [-0.39, 0.29) is 35.6 Å². The number of carbonyl (C=O) groups is 2. The third-order valence-electron chi connectivity index (χ3n) is 6.50. The zero-order valence-electron chi connectivity index (χ0n) is 20.1. The number of Topliss-reactive ketones (excluding diaryl/α,β-unsaturated/α-hetero) is 1. The predicted molar refractivity (Wildman–Crippen MR) is 137 cm³/mol. The molecule has 0 spiro atoms. The maximum absolute atomic E-state index is 13.6. The van der Waals surface area contributed by atoms with E-state index in [0.717, 1.165) is 16.8 Å². The number of carbonyl (C=O) groups excluding carboxylic acids is 2. The largest absolute Gasteiger partial charge is 0.308 e. The Morgan fingerprint density at radius 2 is 1.49 bits per heavy atom. The quantitative estimate of drug-likeness (QED) is 0.445. The first-order valence-corrected chi connectivity index (χ1v) is 13.2. The first-order chi connectivity index (χ1) is 16.8. The lowest BCUT2D eigenvalue weighted by molar-refractivity contribution is -0.123. The minimum absolute atomic E-state index is 0.0144. The molecule has 1 saturated heterocycles. The summed E-state index contributed by atoms with van der Waals surface area (Å²) in [6, 6.07) is 23.8. The number of rotatable bonds is 7.